The third-order valence-corrected chi connectivity index (χ3v) is 3.51. The summed E-state index contributed by atoms with van der Waals surface area (Å²) >= 11 is 0. The van der Waals surface area contributed by atoms with E-state index in [1.165, 1.54) is 0 Å². The Morgan fingerprint density at radius 3 is 2.50 bits per heavy atom. The Hall–Kier alpha value is -2.30. The van der Waals surface area contributed by atoms with Crippen LogP contribution >= 0.6 is 0 Å². The fraction of sp³-hybridized carbons (Fsp3) is 0.333. The largest absolute Gasteiger partial charge is 0.458 e. The van der Waals surface area contributed by atoms with Crippen LogP contribution in [-0.2, 0) is 4.74 Å². The van der Waals surface area contributed by atoms with Gasteiger partial charge >= 0.3 is 12.0 Å². The molecular formula is C15H16N2O3. The quantitative estimate of drug-likeness (QED) is 0.677. The van der Waals surface area contributed by atoms with Crippen molar-refractivity contribution in [2.24, 2.45) is 0 Å². The molecule has 5 nitrogen and oxygen atoms in total. The minimum atomic E-state index is -0.309. The van der Waals surface area contributed by atoms with E-state index in [0.29, 0.717) is 18.7 Å². The fourth-order valence-corrected chi connectivity index (χ4v) is 2.40. The summed E-state index contributed by atoms with van der Waals surface area (Å²) in [5.41, 5.74) is 1.30. The highest BCUT2D eigenvalue weighted by molar-refractivity contribution is 5.95. The summed E-state index contributed by atoms with van der Waals surface area (Å²) in [5, 5.41) is 2.74. The molecule has 1 aromatic carbocycles. The lowest BCUT2D eigenvalue weighted by Crippen LogP contribution is -2.27. The van der Waals surface area contributed by atoms with Crippen LogP contribution in [0.2, 0.25) is 0 Å². The lowest BCUT2D eigenvalue weighted by molar-refractivity contribution is 0.0330. The summed E-state index contributed by atoms with van der Waals surface area (Å²) in [6.07, 6.45) is 5.59. The minimum Gasteiger partial charge on any atom is -0.458 e. The molecule has 0 unspecified atom stereocenters. The maximum atomic E-state index is 12.0. The molecule has 0 spiro atoms. The van der Waals surface area contributed by atoms with Gasteiger partial charge in [0, 0.05) is 31.6 Å². The van der Waals surface area contributed by atoms with Crippen molar-refractivity contribution in [3.05, 3.63) is 42.0 Å². The molecule has 104 valence electrons. The molecular weight excluding hydrogens is 256 g/mol. The van der Waals surface area contributed by atoms with Crippen LogP contribution in [0.1, 0.15) is 23.2 Å². The van der Waals surface area contributed by atoms with Crippen molar-refractivity contribution < 1.29 is 14.3 Å². The molecule has 2 amide bonds. The Morgan fingerprint density at radius 2 is 1.90 bits per heavy atom. The van der Waals surface area contributed by atoms with Crippen LogP contribution in [0.25, 0.3) is 0 Å². The van der Waals surface area contributed by atoms with Crippen molar-refractivity contribution >= 4 is 17.7 Å². The van der Waals surface area contributed by atoms with E-state index >= 15 is 0 Å². The van der Waals surface area contributed by atoms with Crippen molar-refractivity contribution in [1.29, 1.82) is 0 Å². The second-order valence-electron chi connectivity index (χ2n) is 4.90. The molecule has 1 N–H and O–H groups in total. The van der Waals surface area contributed by atoms with Gasteiger partial charge in [-0.3, -0.25) is 4.90 Å². The van der Waals surface area contributed by atoms with Gasteiger partial charge in [0.05, 0.1) is 5.56 Å². The Labute approximate surface area is 117 Å². The number of esters is 1. The number of rotatable bonds is 3. The first-order valence-corrected chi connectivity index (χ1v) is 6.75. The monoisotopic (exact) mass is 272 g/mol. The number of urea groups is 1. The summed E-state index contributed by atoms with van der Waals surface area (Å²) in [6.45, 7) is 1.30. The molecule has 0 radical (unpaired) electrons. The summed E-state index contributed by atoms with van der Waals surface area (Å²) in [7, 11) is 0. The van der Waals surface area contributed by atoms with E-state index in [-0.39, 0.29) is 18.1 Å². The van der Waals surface area contributed by atoms with Crippen molar-refractivity contribution in [3.8, 4) is 0 Å². The maximum Gasteiger partial charge on any atom is 0.338 e. The lowest BCUT2D eigenvalue weighted by atomic mass is 10.2. The Balaban J connectivity index is 1.66. The SMILES string of the molecule is O=C(OC1CC=CC1)c1ccc(N2CCNC2=O)cc1. The number of ether oxygens (including phenoxy) is 1. The van der Waals surface area contributed by atoms with Gasteiger partial charge in [0.1, 0.15) is 6.10 Å². The number of nitrogens with one attached hydrogen (secondary N) is 1. The Kier molecular flexibility index (Phi) is 3.41. The highest BCUT2D eigenvalue weighted by Crippen LogP contribution is 2.19. The molecule has 0 bridgehead atoms. The predicted molar refractivity (Wildman–Crippen MR) is 74.8 cm³/mol. The number of carbonyl (C=O) groups excluding carboxylic acids is 2. The molecule has 2 aliphatic rings. The molecule has 1 aliphatic heterocycles. The standard InChI is InChI=1S/C15H16N2O3/c18-14(20-13-3-1-2-4-13)11-5-7-12(8-6-11)17-10-9-16-15(17)19/h1-2,5-8,13H,3-4,9-10H2,(H,16,19). The summed E-state index contributed by atoms with van der Waals surface area (Å²) < 4.78 is 5.39. The van der Waals surface area contributed by atoms with E-state index in [1.54, 1.807) is 29.2 Å². The van der Waals surface area contributed by atoms with Gasteiger partial charge in [0.25, 0.3) is 0 Å². The zero-order valence-electron chi connectivity index (χ0n) is 11.0. The fourth-order valence-electron chi connectivity index (χ4n) is 2.40. The average Bonchev–Trinajstić information content (AvgIpc) is 3.10. The second kappa shape index (κ2) is 5.36. The van der Waals surface area contributed by atoms with Crippen LogP contribution in [0.15, 0.2) is 36.4 Å². The van der Waals surface area contributed by atoms with Gasteiger partial charge in [-0.25, -0.2) is 9.59 Å². The predicted octanol–water partition coefficient (Wildman–Crippen LogP) is 2.09. The number of hydrogen-bond acceptors (Lipinski definition) is 3. The zero-order valence-corrected chi connectivity index (χ0v) is 11.0. The van der Waals surface area contributed by atoms with Crippen molar-refractivity contribution in [2.45, 2.75) is 18.9 Å². The first-order chi connectivity index (χ1) is 9.74. The van der Waals surface area contributed by atoms with Gasteiger partial charge in [-0.05, 0) is 24.3 Å². The van der Waals surface area contributed by atoms with Gasteiger partial charge in [0.15, 0.2) is 0 Å². The van der Waals surface area contributed by atoms with Crippen molar-refractivity contribution in [1.82, 2.24) is 5.32 Å². The number of nitrogens with zero attached hydrogens (tertiary/aromatic N) is 1. The molecule has 3 rings (SSSR count). The number of hydrogen-bond donors (Lipinski definition) is 1. The molecule has 20 heavy (non-hydrogen) atoms. The molecule has 1 heterocycles. The van der Waals surface area contributed by atoms with E-state index in [9.17, 15) is 9.59 Å². The second-order valence-corrected chi connectivity index (χ2v) is 4.90. The van der Waals surface area contributed by atoms with Gasteiger partial charge < -0.3 is 10.1 Å². The van der Waals surface area contributed by atoms with Crippen LogP contribution in [-0.4, -0.2) is 31.2 Å². The highest BCUT2D eigenvalue weighted by Gasteiger charge is 2.22. The first kappa shape index (κ1) is 12.7. The van der Waals surface area contributed by atoms with Gasteiger partial charge in [-0.15, -0.1) is 0 Å². The summed E-state index contributed by atoms with van der Waals surface area (Å²) in [6, 6.07) is 6.84. The molecule has 1 aromatic rings. The van der Waals surface area contributed by atoms with Crippen LogP contribution in [0, 0.1) is 0 Å². The van der Waals surface area contributed by atoms with E-state index in [1.807, 2.05) is 12.2 Å². The third-order valence-electron chi connectivity index (χ3n) is 3.51. The van der Waals surface area contributed by atoms with E-state index in [4.69, 9.17) is 4.74 Å². The molecule has 5 heteroatoms. The first-order valence-electron chi connectivity index (χ1n) is 6.75. The van der Waals surface area contributed by atoms with E-state index in [2.05, 4.69) is 5.32 Å². The van der Waals surface area contributed by atoms with Crippen molar-refractivity contribution in [2.75, 3.05) is 18.0 Å². The number of carbonyl (C=O) groups is 2. The topological polar surface area (TPSA) is 58.6 Å². The summed E-state index contributed by atoms with van der Waals surface area (Å²) in [4.78, 5) is 25.1. The third kappa shape index (κ3) is 2.52. The van der Waals surface area contributed by atoms with Crippen molar-refractivity contribution in [3.63, 3.8) is 0 Å². The van der Waals surface area contributed by atoms with Gasteiger partial charge in [-0.2, -0.15) is 0 Å². The molecule has 0 saturated carbocycles. The maximum absolute atomic E-state index is 12.0. The van der Waals surface area contributed by atoms with Crippen LogP contribution in [0.5, 0.6) is 0 Å². The molecule has 0 atom stereocenters. The van der Waals surface area contributed by atoms with E-state index in [0.717, 1.165) is 18.5 Å². The van der Waals surface area contributed by atoms with Crippen LogP contribution in [0.3, 0.4) is 0 Å². The molecule has 1 saturated heterocycles. The van der Waals surface area contributed by atoms with Gasteiger partial charge in [-0.1, -0.05) is 12.2 Å². The lowest BCUT2D eigenvalue weighted by Gasteiger charge is -2.15. The summed E-state index contributed by atoms with van der Waals surface area (Å²) in [5.74, 6) is -0.309. The smallest absolute Gasteiger partial charge is 0.338 e. The van der Waals surface area contributed by atoms with Gasteiger partial charge in [0.2, 0.25) is 0 Å². The normalized spacial score (nSPS) is 18.4. The van der Waals surface area contributed by atoms with Crippen LogP contribution < -0.4 is 10.2 Å². The average molecular weight is 272 g/mol. The number of amides is 2. The molecule has 0 aromatic heterocycles. The van der Waals surface area contributed by atoms with E-state index < -0.39 is 0 Å². The minimum absolute atomic E-state index is 0.0356. The molecule has 1 aliphatic carbocycles. The Bertz CT molecular complexity index is 543. The highest BCUT2D eigenvalue weighted by atomic mass is 16.5. The Morgan fingerprint density at radius 1 is 1.20 bits per heavy atom. The van der Waals surface area contributed by atoms with Crippen LogP contribution in [0.4, 0.5) is 10.5 Å². The number of benzene rings is 1. The molecule has 1 fully saturated rings. The number of anilines is 1. The zero-order chi connectivity index (χ0) is 13.9.